The van der Waals surface area contributed by atoms with Gasteiger partial charge in [0.25, 0.3) is 0 Å². The summed E-state index contributed by atoms with van der Waals surface area (Å²) in [7, 11) is 0. The maximum absolute atomic E-state index is 12.4. The number of thiophene rings is 1. The average Bonchev–Trinajstić information content (AvgIpc) is 3.49. The van der Waals surface area contributed by atoms with Crippen LogP contribution in [0.2, 0.25) is 0 Å². The summed E-state index contributed by atoms with van der Waals surface area (Å²) in [5.41, 5.74) is 3.02. The molecule has 2 amide bonds. The van der Waals surface area contributed by atoms with Crippen LogP contribution in [0.4, 0.5) is 22.0 Å². The molecule has 8 heteroatoms. The lowest BCUT2D eigenvalue weighted by Gasteiger charge is -2.19. The number of carbonyl (C=O) groups excluding carboxylic acids is 1. The van der Waals surface area contributed by atoms with Crippen LogP contribution < -0.4 is 20.4 Å². The SMILES string of the molecule is O=C(Nc1ccc(N2CCCC2)cc1)NC1CCN(c2ncnc3ccsc23)C1. The minimum Gasteiger partial charge on any atom is -0.372 e. The molecule has 1 atom stereocenters. The molecular weight excluding hydrogens is 384 g/mol. The molecule has 2 aliphatic rings. The van der Waals surface area contributed by atoms with Gasteiger partial charge in [-0.1, -0.05) is 0 Å². The Kier molecular flexibility index (Phi) is 4.93. The normalized spacial score (nSPS) is 19.1. The molecule has 5 rings (SSSR count). The second-order valence-corrected chi connectivity index (χ2v) is 8.52. The van der Waals surface area contributed by atoms with Gasteiger partial charge in [-0.15, -0.1) is 11.3 Å². The Balaban J connectivity index is 1.17. The first-order valence-corrected chi connectivity index (χ1v) is 11.0. The van der Waals surface area contributed by atoms with Gasteiger partial charge >= 0.3 is 6.03 Å². The number of amides is 2. The highest BCUT2D eigenvalue weighted by Gasteiger charge is 2.26. The van der Waals surface area contributed by atoms with Crippen LogP contribution >= 0.6 is 11.3 Å². The minimum atomic E-state index is -0.158. The van der Waals surface area contributed by atoms with Gasteiger partial charge in [-0.3, -0.25) is 0 Å². The first-order valence-electron chi connectivity index (χ1n) is 10.1. The standard InChI is InChI=1S/C21H24N6OS/c28-21(24-15-3-5-17(6-4-15)26-9-1-2-10-26)25-16-7-11-27(13-16)20-19-18(8-12-29-19)22-14-23-20/h3-6,8,12,14,16H,1-2,7,9-11,13H2,(H2,24,25,28). The summed E-state index contributed by atoms with van der Waals surface area (Å²) in [6, 6.07) is 10.1. The van der Waals surface area contributed by atoms with E-state index in [1.165, 1.54) is 18.5 Å². The van der Waals surface area contributed by atoms with Crippen molar-refractivity contribution < 1.29 is 4.79 Å². The predicted molar refractivity (Wildman–Crippen MR) is 118 cm³/mol. The lowest BCUT2D eigenvalue weighted by molar-refractivity contribution is 0.249. The molecule has 2 saturated heterocycles. The van der Waals surface area contributed by atoms with E-state index in [9.17, 15) is 4.79 Å². The van der Waals surface area contributed by atoms with Gasteiger partial charge in [0.05, 0.1) is 10.2 Å². The van der Waals surface area contributed by atoms with Crippen LogP contribution in [0.25, 0.3) is 10.2 Å². The number of aromatic nitrogens is 2. The molecule has 0 radical (unpaired) electrons. The Bertz CT molecular complexity index is 998. The molecular formula is C21H24N6OS. The summed E-state index contributed by atoms with van der Waals surface area (Å²) < 4.78 is 1.11. The maximum Gasteiger partial charge on any atom is 0.319 e. The van der Waals surface area contributed by atoms with E-state index in [0.29, 0.717) is 0 Å². The number of hydrogen-bond donors (Lipinski definition) is 2. The van der Waals surface area contributed by atoms with Crippen molar-refractivity contribution >= 4 is 44.8 Å². The van der Waals surface area contributed by atoms with E-state index in [1.807, 2.05) is 23.6 Å². The first kappa shape index (κ1) is 18.2. The summed E-state index contributed by atoms with van der Waals surface area (Å²) in [5.74, 6) is 0.965. The van der Waals surface area contributed by atoms with Crippen molar-refractivity contribution in [3.05, 3.63) is 42.0 Å². The maximum atomic E-state index is 12.4. The Labute approximate surface area is 173 Å². The molecule has 2 aromatic heterocycles. The van der Waals surface area contributed by atoms with Crippen molar-refractivity contribution in [3.8, 4) is 0 Å². The zero-order valence-corrected chi connectivity index (χ0v) is 17.0. The number of anilines is 3. The molecule has 0 aliphatic carbocycles. The second kappa shape index (κ2) is 7.87. The number of nitrogens with one attached hydrogen (secondary N) is 2. The molecule has 150 valence electrons. The lowest BCUT2D eigenvalue weighted by atomic mass is 10.2. The van der Waals surface area contributed by atoms with Crippen molar-refractivity contribution in [1.82, 2.24) is 15.3 Å². The third-order valence-electron chi connectivity index (χ3n) is 5.64. The highest BCUT2D eigenvalue weighted by Crippen LogP contribution is 2.30. The molecule has 29 heavy (non-hydrogen) atoms. The molecule has 3 aromatic rings. The van der Waals surface area contributed by atoms with Crippen LogP contribution in [-0.2, 0) is 0 Å². The largest absolute Gasteiger partial charge is 0.372 e. The van der Waals surface area contributed by atoms with Gasteiger partial charge in [-0.2, -0.15) is 0 Å². The van der Waals surface area contributed by atoms with Crippen molar-refractivity contribution in [1.29, 1.82) is 0 Å². The number of benzene rings is 1. The molecule has 2 N–H and O–H groups in total. The van der Waals surface area contributed by atoms with E-state index >= 15 is 0 Å². The molecule has 7 nitrogen and oxygen atoms in total. The average molecular weight is 409 g/mol. The monoisotopic (exact) mass is 408 g/mol. The topological polar surface area (TPSA) is 73.4 Å². The summed E-state index contributed by atoms with van der Waals surface area (Å²) in [6.45, 7) is 3.87. The fourth-order valence-electron chi connectivity index (χ4n) is 4.16. The summed E-state index contributed by atoms with van der Waals surface area (Å²) in [6.07, 6.45) is 5.03. The van der Waals surface area contributed by atoms with Crippen LogP contribution in [0.15, 0.2) is 42.0 Å². The second-order valence-electron chi connectivity index (χ2n) is 7.60. The van der Waals surface area contributed by atoms with Crippen LogP contribution in [0, 0.1) is 0 Å². The van der Waals surface area contributed by atoms with Gasteiger partial charge in [0, 0.05) is 43.6 Å². The molecule has 0 bridgehead atoms. The van der Waals surface area contributed by atoms with E-state index in [-0.39, 0.29) is 12.1 Å². The van der Waals surface area contributed by atoms with Crippen molar-refractivity contribution in [2.75, 3.05) is 41.3 Å². The molecule has 2 fully saturated rings. The van der Waals surface area contributed by atoms with E-state index < -0.39 is 0 Å². The number of urea groups is 1. The third-order valence-corrected chi connectivity index (χ3v) is 6.54. The first-order chi connectivity index (χ1) is 14.3. The predicted octanol–water partition coefficient (Wildman–Crippen LogP) is 3.69. The Morgan fingerprint density at radius 3 is 2.69 bits per heavy atom. The molecule has 1 aromatic carbocycles. The van der Waals surface area contributed by atoms with Gasteiger partial charge in [-0.25, -0.2) is 14.8 Å². The Hall–Kier alpha value is -2.87. The summed E-state index contributed by atoms with van der Waals surface area (Å²) in [5, 5.41) is 8.09. The number of carbonyl (C=O) groups is 1. The van der Waals surface area contributed by atoms with E-state index in [1.54, 1.807) is 17.7 Å². The fourth-order valence-corrected chi connectivity index (χ4v) is 5.02. The Morgan fingerprint density at radius 2 is 1.86 bits per heavy atom. The Morgan fingerprint density at radius 1 is 1.03 bits per heavy atom. The third kappa shape index (κ3) is 3.85. The van der Waals surface area contributed by atoms with Crippen molar-refractivity contribution in [3.63, 3.8) is 0 Å². The summed E-state index contributed by atoms with van der Waals surface area (Å²) >= 11 is 1.66. The zero-order valence-electron chi connectivity index (χ0n) is 16.2. The lowest BCUT2D eigenvalue weighted by Crippen LogP contribution is -2.39. The van der Waals surface area contributed by atoms with Crippen molar-refractivity contribution in [2.24, 2.45) is 0 Å². The van der Waals surface area contributed by atoms with Crippen LogP contribution in [0.3, 0.4) is 0 Å². The van der Waals surface area contributed by atoms with Gasteiger partial charge in [0.1, 0.15) is 12.1 Å². The number of fused-ring (bicyclic) bond motifs is 1. The van der Waals surface area contributed by atoms with Gasteiger partial charge in [0.15, 0.2) is 0 Å². The number of nitrogens with zero attached hydrogens (tertiary/aromatic N) is 4. The van der Waals surface area contributed by atoms with Crippen LogP contribution in [0.1, 0.15) is 19.3 Å². The van der Waals surface area contributed by atoms with Crippen molar-refractivity contribution in [2.45, 2.75) is 25.3 Å². The summed E-state index contributed by atoms with van der Waals surface area (Å²) in [4.78, 5) is 25.9. The molecule has 1 unspecified atom stereocenters. The van der Waals surface area contributed by atoms with Gasteiger partial charge in [0.2, 0.25) is 0 Å². The minimum absolute atomic E-state index is 0.101. The van der Waals surface area contributed by atoms with Gasteiger partial charge < -0.3 is 20.4 Å². The van der Waals surface area contributed by atoms with E-state index in [0.717, 1.165) is 54.3 Å². The van der Waals surface area contributed by atoms with E-state index in [2.05, 4.69) is 42.5 Å². The fraction of sp³-hybridized carbons (Fsp3) is 0.381. The zero-order chi connectivity index (χ0) is 19.6. The highest BCUT2D eigenvalue weighted by atomic mass is 32.1. The van der Waals surface area contributed by atoms with Gasteiger partial charge in [-0.05, 0) is 55.0 Å². The quantitative estimate of drug-likeness (QED) is 0.689. The number of rotatable bonds is 4. The smallest absolute Gasteiger partial charge is 0.319 e. The van der Waals surface area contributed by atoms with E-state index in [4.69, 9.17) is 0 Å². The molecule has 0 saturated carbocycles. The van der Waals surface area contributed by atoms with Crippen LogP contribution in [-0.4, -0.2) is 48.2 Å². The molecule has 0 spiro atoms. The van der Waals surface area contributed by atoms with Crippen LogP contribution in [0.5, 0.6) is 0 Å². The molecule has 4 heterocycles. The number of hydrogen-bond acceptors (Lipinski definition) is 6. The highest BCUT2D eigenvalue weighted by molar-refractivity contribution is 7.17. The molecule has 2 aliphatic heterocycles.